The van der Waals surface area contributed by atoms with Crippen molar-refractivity contribution in [2.45, 2.75) is 44.1 Å². The maximum Gasteiger partial charge on any atom is 0.490 e. The van der Waals surface area contributed by atoms with Gasteiger partial charge < -0.3 is 26.0 Å². The maximum absolute atomic E-state index is 12.6. The van der Waals surface area contributed by atoms with E-state index in [2.05, 4.69) is 54.0 Å². The van der Waals surface area contributed by atoms with Gasteiger partial charge in [-0.2, -0.15) is 13.2 Å². The molecule has 4 rings (SSSR count). The summed E-state index contributed by atoms with van der Waals surface area (Å²) >= 11 is 3.47. The van der Waals surface area contributed by atoms with Gasteiger partial charge in [0.15, 0.2) is 0 Å². The van der Waals surface area contributed by atoms with E-state index in [1.807, 2.05) is 24.3 Å². The first-order chi connectivity index (χ1) is 17.5. The predicted octanol–water partition coefficient (Wildman–Crippen LogP) is 3.23. The Bertz CT molecular complexity index is 1250. The van der Waals surface area contributed by atoms with Crippen molar-refractivity contribution in [2.75, 3.05) is 6.54 Å². The highest BCUT2D eigenvalue weighted by atomic mass is 79.9. The van der Waals surface area contributed by atoms with E-state index in [1.54, 1.807) is 19.3 Å². The van der Waals surface area contributed by atoms with Gasteiger partial charge in [0.05, 0.1) is 24.3 Å². The number of aromatic amines is 1. The molecule has 5 N–H and O–H groups in total. The lowest BCUT2D eigenvalue weighted by Gasteiger charge is -2.17. The molecule has 2 amide bonds. The molecular weight excluding hydrogens is 559 g/mol. The normalized spacial score (nSPS) is 18.0. The summed E-state index contributed by atoms with van der Waals surface area (Å²) in [5.74, 6) is -2.82. The molecule has 1 unspecified atom stereocenters. The number of carboxylic acid groups (broad SMARTS) is 1. The van der Waals surface area contributed by atoms with Gasteiger partial charge in [-0.15, -0.1) is 0 Å². The molecule has 3 heterocycles. The number of amides is 2. The summed E-state index contributed by atoms with van der Waals surface area (Å²) in [5, 5.41) is 17.1. The highest BCUT2D eigenvalue weighted by Gasteiger charge is 2.38. The molecule has 1 aromatic carbocycles. The number of carbonyl (C=O) groups excluding carboxylic acids is 2. The standard InChI is InChI=1S/C22H24BrN5O2.C2HF3O2/c1-13(21(29)26-10-16-8-17-18(23)11-24-12-20(17)28-16)27-22(30)19-7-15(9-25-19)14-5-3-2-4-6-14;3-2(4,5)1(6)7/h2-6,8,11-13,15,19,25,28H,7,9-10H2,1H3,(H,26,29)(H,27,30);(H,6,7)/t13?,15-,19+;/m0./s1. The number of halogens is 4. The second-order valence-corrected chi connectivity index (χ2v) is 9.29. The number of alkyl halides is 3. The Morgan fingerprint density at radius 3 is 2.51 bits per heavy atom. The topological polar surface area (TPSA) is 136 Å². The lowest BCUT2D eigenvalue weighted by atomic mass is 9.96. The number of aromatic nitrogens is 2. The molecular formula is C24H25BrF3N5O4. The summed E-state index contributed by atoms with van der Waals surface area (Å²) < 4.78 is 32.6. The minimum absolute atomic E-state index is 0.142. The Morgan fingerprint density at radius 1 is 1.22 bits per heavy atom. The molecule has 3 aromatic rings. The van der Waals surface area contributed by atoms with Crippen molar-refractivity contribution < 1.29 is 32.7 Å². The van der Waals surface area contributed by atoms with E-state index in [1.165, 1.54) is 5.56 Å². The van der Waals surface area contributed by atoms with E-state index >= 15 is 0 Å². The first kappa shape index (κ1) is 28.1. The first-order valence-corrected chi connectivity index (χ1v) is 12.0. The van der Waals surface area contributed by atoms with Gasteiger partial charge in [0, 0.05) is 28.3 Å². The summed E-state index contributed by atoms with van der Waals surface area (Å²) in [6.45, 7) is 2.80. The summed E-state index contributed by atoms with van der Waals surface area (Å²) in [5.41, 5.74) is 3.00. The van der Waals surface area contributed by atoms with Crippen molar-refractivity contribution in [3.05, 3.63) is 64.5 Å². The first-order valence-electron chi connectivity index (χ1n) is 11.2. The molecule has 13 heteroatoms. The third-order valence-electron chi connectivity index (χ3n) is 5.72. The third-order valence-corrected chi connectivity index (χ3v) is 6.35. The van der Waals surface area contributed by atoms with Crippen LogP contribution in [0.3, 0.4) is 0 Å². The zero-order valence-corrected chi connectivity index (χ0v) is 21.2. The number of fused-ring (bicyclic) bond motifs is 1. The Hall–Kier alpha value is -3.45. The number of hydrogen-bond acceptors (Lipinski definition) is 5. The van der Waals surface area contributed by atoms with Crippen molar-refractivity contribution in [1.29, 1.82) is 0 Å². The van der Waals surface area contributed by atoms with Crippen LogP contribution in [0.5, 0.6) is 0 Å². The van der Waals surface area contributed by atoms with Crippen molar-refractivity contribution in [3.8, 4) is 0 Å². The number of carboxylic acids is 1. The molecule has 198 valence electrons. The average Bonchev–Trinajstić information content (AvgIpc) is 3.51. The van der Waals surface area contributed by atoms with Crippen LogP contribution < -0.4 is 16.0 Å². The van der Waals surface area contributed by atoms with Crippen LogP contribution >= 0.6 is 15.9 Å². The smallest absolute Gasteiger partial charge is 0.475 e. The number of H-pyrrole nitrogens is 1. The highest BCUT2D eigenvalue weighted by Crippen LogP contribution is 2.26. The SMILES string of the molecule is CC(NC(=O)[C@H]1C[C@H](c2ccccc2)CN1)C(=O)NCc1cc2c(Br)cncc2[nH]1.O=C(O)C(F)(F)F. The fourth-order valence-electron chi connectivity index (χ4n) is 3.80. The fraction of sp³-hybridized carbons (Fsp3) is 0.333. The molecule has 9 nitrogen and oxygen atoms in total. The largest absolute Gasteiger partial charge is 0.490 e. The minimum Gasteiger partial charge on any atom is -0.475 e. The van der Waals surface area contributed by atoms with Gasteiger partial charge in [0.1, 0.15) is 6.04 Å². The summed E-state index contributed by atoms with van der Waals surface area (Å²) in [6.07, 6.45) is -0.886. The summed E-state index contributed by atoms with van der Waals surface area (Å²) in [6, 6.07) is 11.2. The van der Waals surface area contributed by atoms with E-state index in [4.69, 9.17) is 9.90 Å². The van der Waals surface area contributed by atoms with Gasteiger partial charge in [0.25, 0.3) is 0 Å². The Kier molecular flexibility index (Phi) is 9.27. The number of aliphatic carboxylic acids is 1. The Labute approximate surface area is 218 Å². The van der Waals surface area contributed by atoms with Gasteiger partial charge >= 0.3 is 12.1 Å². The molecule has 0 spiro atoms. The predicted molar refractivity (Wildman–Crippen MR) is 133 cm³/mol. The molecule has 1 saturated heterocycles. The number of nitrogens with one attached hydrogen (secondary N) is 4. The second kappa shape index (κ2) is 12.2. The highest BCUT2D eigenvalue weighted by molar-refractivity contribution is 9.10. The van der Waals surface area contributed by atoms with E-state index < -0.39 is 18.2 Å². The monoisotopic (exact) mass is 583 g/mol. The molecule has 1 aliphatic rings. The van der Waals surface area contributed by atoms with Crippen LogP contribution in [-0.2, 0) is 20.9 Å². The molecule has 1 fully saturated rings. The van der Waals surface area contributed by atoms with Gasteiger partial charge in [-0.3, -0.25) is 14.6 Å². The van der Waals surface area contributed by atoms with Gasteiger partial charge in [0.2, 0.25) is 11.8 Å². The number of rotatable bonds is 6. The number of nitrogens with zero attached hydrogens (tertiary/aromatic N) is 1. The summed E-state index contributed by atoms with van der Waals surface area (Å²) in [7, 11) is 0. The van der Waals surface area contributed by atoms with Gasteiger partial charge in [-0.1, -0.05) is 30.3 Å². The zero-order valence-electron chi connectivity index (χ0n) is 19.6. The zero-order chi connectivity index (χ0) is 27.2. The number of benzene rings is 1. The quantitative estimate of drug-likeness (QED) is 0.302. The summed E-state index contributed by atoms with van der Waals surface area (Å²) in [4.78, 5) is 41.3. The second-order valence-electron chi connectivity index (χ2n) is 8.43. The molecule has 3 atom stereocenters. The van der Waals surface area contributed by atoms with Crippen molar-refractivity contribution in [2.24, 2.45) is 0 Å². The Balaban J connectivity index is 0.000000479. The van der Waals surface area contributed by atoms with E-state index in [-0.39, 0.29) is 17.9 Å². The molecule has 0 saturated carbocycles. The Morgan fingerprint density at radius 2 is 1.89 bits per heavy atom. The maximum atomic E-state index is 12.6. The van der Waals surface area contributed by atoms with Gasteiger partial charge in [-0.25, -0.2) is 4.79 Å². The molecule has 0 radical (unpaired) electrons. The lowest BCUT2D eigenvalue weighted by Crippen LogP contribution is -2.49. The van der Waals surface area contributed by atoms with Crippen LogP contribution in [0.4, 0.5) is 13.2 Å². The molecule has 2 aromatic heterocycles. The van der Waals surface area contributed by atoms with Crippen LogP contribution in [-0.4, -0.2) is 57.7 Å². The van der Waals surface area contributed by atoms with Crippen LogP contribution in [0.15, 0.2) is 53.3 Å². The van der Waals surface area contributed by atoms with Crippen LogP contribution in [0.1, 0.15) is 30.5 Å². The average molecular weight is 584 g/mol. The van der Waals surface area contributed by atoms with Gasteiger partial charge in [-0.05, 0) is 46.8 Å². The lowest BCUT2D eigenvalue weighted by molar-refractivity contribution is -0.192. The van der Waals surface area contributed by atoms with Crippen LogP contribution in [0, 0.1) is 0 Å². The number of pyridine rings is 1. The molecule has 37 heavy (non-hydrogen) atoms. The number of hydrogen-bond donors (Lipinski definition) is 5. The fourth-order valence-corrected chi connectivity index (χ4v) is 4.25. The van der Waals surface area contributed by atoms with E-state index in [9.17, 15) is 22.8 Å². The molecule has 0 bridgehead atoms. The van der Waals surface area contributed by atoms with Crippen molar-refractivity contribution in [3.63, 3.8) is 0 Å². The minimum atomic E-state index is -5.08. The molecule has 0 aliphatic carbocycles. The van der Waals surface area contributed by atoms with E-state index in [0.29, 0.717) is 12.5 Å². The number of carbonyl (C=O) groups is 3. The van der Waals surface area contributed by atoms with Crippen molar-refractivity contribution >= 4 is 44.6 Å². The van der Waals surface area contributed by atoms with E-state index in [0.717, 1.165) is 34.0 Å². The third kappa shape index (κ3) is 7.76. The van der Waals surface area contributed by atoms with Crippen molar-refractivity contribution in [1.82, 2.24) is 25.9 Å². The van der Waals surface area contributed by atoms with Crippen LogP contribution in [0.2, 0.25) is 0 Å². The van der Waals surface area contributed by atoms with Crippen LogP contribution in [0.25, 0.3) is 10.9 Å². The molecule has 1 aliphatic heterocycles.